The Hall–Kier alpha value is -3.42. The molecule has 0 spiro atoms. The third-order valence-electron chi connectivity index (χ3n) is 4.32. The van der Waals surface area contributed by atoms with Gasteiger partial charge in [0.2, 0.25) is 0 Å². The van der Waals surface area contributed by atoms with Gasteiger partial charge in [0.1, 0.15) is 11.8 Å². The lowest BCUT2D eigenvalue weighted by atomic mass is 10.1. The van der Waals surface area contributed by atoms with Crippen LogP contribution in [0.1, 0.15) is 38.8 Å². The van der Waals surface area contributed by atoms with E-state index >= 15 is 0 Å². The molecule has 140 valence electrons. The number of esters is 1. The molecule has 3 aromatic rings. The van der Waals surface area contributed by atoms with Crippen LogP contribution in [-0.2, 0) is 4.74 Å². The largest absolute Gasteiger partial charge is 0.465 e. The van der Waals surface area contributed by atoms with Crippen LogP contribution in [0.5, 0.6) is 0 Å². The summed E-state index contributed by atoms with van der Waals surface area (Å²) >= 11 is 0. The fraction of sp³-hybridized carbons (Fsp3) is 0.263. The molecule has 0 aliphatic heterocycles. The predicted molar refractivity (Wildman–Crippen MR) is 102 cm³/mol. The summed E-state index contributed by atoms with van der Waals surface area (Å²) in [7, 11) is 1.34. The van der Waals surface area contributed by atoms with Crippen LogP contribution in [0.4, 0.5) is 11.5 Å². The lowest BCUT2D eigenvalue weighted by molar-refractivity contribution is 0.0600. The SMILES string of the molecule is CCNC(=O)c1ccc(C)c(Nc2ncnn3cc(C(=O)OC)c(C)c23)c1. The van der Waals surface area contributed by atoms with E-state index in [2.05, 4.69) is 20.7 Å². The maximum atomic E-state index is 12.1. The number of hydrogen-bond acceptors (Lipinski definition) is 6. The summed E-state index contributed by atoms with van der Waals surface area (Å²) in [6.45, 7) is 6.18. The Labute approximate surface area is 156 Å². The zero-order valence-corrected chi connectivity index (χ0v) is 15.7. The Morgan fingerprint density at radius 3 is 2.74 bits per heavy atom. The van der Waals surface area contributed by atoms with Gasteiger partial charge >= 0.3 is 5.97 Å². The number of nitrogens with zero attached hydrogens (tertiary/aromatic N) is 3. The third kappa shape index (κ3) is 3.46. The molecule has 1 amide bonds. The summed E-state index contributed by atoms with van der Waals surface area (Å²) in [5, 5.41) is 10.2. The molecule has 8 nitrogen and oxygen atoms in total. The van der Waals surface area contributed by atoms with Gasteiger partial charge in [0, 0.05) is 24.0 Å². The van der Waals surface area contributed by atoms with Gasteiger partial charge in [-0.1, -0.05) is 6.07 Å². The number of fused-ring (bicyclic) bond motifs is 1. The molecule has 0 fully saturated rings. The number of aromatic nitrogens is 3. The fourth-order valence-electron chi connectivity index (χ4n) is 2.86. The minimum atomic E-state index is -0.432. The second-order valence-electron chi connectivity index (χ2n) is 6.08. The maximum Gasteiger partial charge on any atom is 0.339 e. The number of aryl methyl sites for hydroxylation is 2. The highest BCUT2D eigenvalue weighted by molar-refractivity contribution is 5.97. The first-order valence-corrected chi connectivity index (χ1v) is 8.53. The Kier molecular flexibility index (Phi) is 5.07. The Balaban J connectivity index is 2.05. The number of benzene rings is 1. The molecule has 0 radical (unpaired) electrons. The second kappa shape index (κ2) is 7.45. The van der Waals surface area contributed by atoms with Crippen molar-refractivity contribution in [1.82, 2.24) is 19.9 Å². The number of nitrogens with one attached hydrogen (secondary N) is 2. The van der Waals surface area contributed by atoms with Crippen LogP contribution in [0.15, 0.2) is 30.7 Å². The summed E-state index contributed by atoms with van der Waals surface area (Å²) < 4.78 is 6.41. The number of hydrogen-bond donors (Lipinski definition) is 2. The van der Waals surface area contributed by atoms with Crippen LogP contribution in [0, 0.1) is 13.8 Å². The molecule has 0 saturated heterocycles. The number of rotatable bonds is 5. The van der Waals surface area contributed by atoms with Crippen LogP contribution in [0.3, 0.4) is 0 Å². The summed E-state index contributed by atoms with van der Waals surface area (Å²) in [6, 6.07) is 5.42. The van der Waals surface area contributed by atoms with Crippen molar-refractivity contribution in [2.75, 3.05) is 19.0 Å². The van der Waals surface area contributed by atoms with Crippen molar-refractivity contribution in [3.8, 4) is 0 Å². The van der Waals surface area contributed by atoms with Crippen molar-refractivity contribution < 1.29 is 14.3 Å². The number of carbonyl (C=O) groups is 2. The molecule has 1 aromatic carbocycles. The molecule has 0 atom stereocenters. The summed E-state index contributed by atoms with van der Waals surface area (Å²) in [4.78, 5) is 28.4. The molecule has 0 saturated carbocycles. The molecule has 2 N–H and O–H groups in total. The minimum absolute atomic E-state index is 0.139. The Morgan fingerprint density at radius 2 is 2.04 bits per heavy atom. The molecule has 0 unspecified atom stereocenters. The van der Waals surface area contributed by atoms with Gasteiger partial charge < -0.3 is 15.4 Å². The van der Waals surface area contributed by atoms with Crippen LogP contribution >= 0.6 is 0 Å². The lowest BCUT2D eigenvalue weighted by Gasteiger charge is -2.12. The van der Waals surface area contributed by atoms with E-state index in [9.17, 15) is 9.59 Å². The van der Waals surface area contributed by atoms with Gasteiger partial charge in [-0.2, -0.15) is 5.10 Å². The summed E-state index contributed by atoms with van der Waals surface area (Å²) in [5.74, 6) is -0.0348. The maximum absolute atomic E-state index is 12.1. The minimum Gasteiger partial charge on any atom is -0.465 e. The molecule has 2 heterocycles. The van der Waals surface area contributed by atoms with Crippen molar-refractivity contribution in [3.63, 3.8) is 0 Å². The van der Waals surface area contributed by atoms with E-state index in [4.69, 9.17) is 4.74 Å². The van der Waals surface area contributed by atoms with Gasteiger partial charge in [0.25, 0.3) is 5.91 Å². The first-order chi connectivity index (χ1) is 13.0. The normalized spacial score (nSPS) is 10.7. The first-order valence-electron chi connectivity index (χ1n) is 8.53. The van der Waals surface area contributed by atoms with Gasteiger partial charge in [-0.05, 0) is 44.0 Å². The molecular formula is C19H21N5O3. The zero-order chi connectivity index (χ0) is 19.6. The zero-order valence-electron chi connectivity index (χ0n) is 15.7. The van der Waals surface area contributed by atoms with E-state index in [1.54, 1.807) is 22.8 Å². The number of methoxy groups -OCH3 is 1. The smallest absolute Gasteiger partial charge is 0.339 e. The second-order valence-corrected chi connectivity index (χ2v) is 6.08. The molecule has 0 bridgehead atoms. The Morgan fingerprint density at radius 1 is 1.26 bits per heavy atom. The Bertz CT molecular complexity index is 1030. The fourth-order valence-corrected chi connectivity index (χ4v) is 2.86. The van der Waals surface area contributed by atoms with Crippen LogP contribution in [0.25, 0.3) is 5.52 Å². The van der Waals surface area contributed by atoms with Crippen molar-refractivity contribution in [3.05, 3.63) is 53.0 Å². The van der Waals surface area contributed by atoms with Crippen molar-refractivity contribution in [2.45, 2.75) is 20.8 Å². The molecule has 27 heavy (non-hydrogen) atoms. The highest BCUT2D eigenvalue weighted by atomic mass is 16.5. The highest BCUT2D eigenvalue weighted by Crippen LogP contribution is 2.27. The van der Waals surface area contributed by atoms with Gasteiger partial charge in [0.05, 0.1) is 12.7 Å². The number of anilines is 2. The number of amides is 1. The van der Waals surface area contributed by atoms with Crippen LogP contribution in [0.2, 0.25) is 0 Å². The van der Waals surface area contributed by atoms with E-state index in [1.165, 1.54) is 13.4 Å². The highest BCUT2D eigenvalue weighted by Gasteiger charge is 2.19. The molecular weight excluding hydrogens is 346 g/mol. The molecule has 3 rings (SSSR count). The molecule has 0 aliphatic rings. The first kappa shape index (κ1) is 18.4. The van der Waals surface area contributed by atoms with Gasteiger partial charge in [0.15, 0.2) is 5.82 Å². The quantitative estimate of drug-likeness (QED) is 0.673. The molecule has 0 aliphatic carbocycles. The van der Waals surface area contributed by atoms with E-state index in [-0.39, 0.29) is 5.91 Å². The summed E-state index contributed by atoms with van der Waals surface area (Å²) in [6.07, 6.45) is 3.01. The van der Waals surface area contributed by atoms with Gasteiger partial charge in [-0.3, -0.25) is 4.79 Å². The van der Waals surface area contributed by atoms with E-state index in [1.807, 2.05) is 26.8 Å². The summed E-state index contributed by atoms with van der Waals surface area (Å²) in [5.41, 5.74) is 4.06. The number of ether oxygens (including phenoxy) is 1. The van der Waals surface area contributed by atoms with Crippen molar-refractivity contribution in [1.29, 1.82) is 0 Å². The molecule has 8 heteroatoms. The topological polar surface area (TPSA) is 97.6 Å². The third-order valence-corrected chi connectivity index (χ3v) is 4.32. The van der Waals surface area contributed by atoms with E-state index in [0.717, 1.165) is 11.3 Å². The van der Waals surface area contributed by atoms with Crippen molar-refractivity contribution >= 4 is 28.9 Å². The number of carbonyl (C=O) groups excluding carboxylic acids is 2. The van der Waals surface area contributed by atoms with Crippen molar-refractivity contribution in [2.24, 2.45) is 0 Å². The van der Waals surface area contributed by atoms with Gasteiger partial charge in [-0.25, -0.2) is 14.3 Å². The monoisotopic (exact) mass is 367 g/mol. The average Bonchev–Trinajstić information content (AvgIpc) is 3.00. The predicted octanol–water partition coefficient (Wildman–Crippen LogP) is 2.63. The molecule has 2 aromatic heterocycles. The van der Waals surface area contributed by atoms with Crippen LogP contribution in [-0.4, -0.2) is 40.1 Å². The standard InChI is InChI=1S/C19H21N5O3/c1-5-20-18(25)13-7-6-11(2)15(8-13)23-17-16-12(3)14(19(26)27-4)9-24(16)22-10-21-17/h6-10H,5H2,1-4H3,(H,20,25)(H,21,22,23). The van der Waals surface area contributed by atoms with Gasteiger partial charge in [-0.15, -0.1) is 0 Å². The average molecular weight is 367 g/mol. The lowest BCUT2D eigenvalue weighted by Crippen LogP contribution is -2.22. The van der Waals surface area contributed by atoms with E-state index < -0.39 is 5.97 Å². The van der Waals surface area contributed by atoms with E-state index in [0.29, 0.717) is 34.6 Å². The van der Waals surface area contributed by atoms with Crippen LogP contribution < -0.4 is 10.6 Å².